The monoisotopic (exact) mass is 514 g/mol. The standard InChI is InChI=1S/C28H51O6P/c1-3-4-5-6-7-8-9-10-11-12-13-14-15-19-22-32-26(2)23-28(25-34-35(29,30)31)33-24-27-20-17-16-18-21-27/h16-18,20-21,26,28H,3-15,19,22-25H2,1-2H3,(H2,29,30,31)/t26?,28-/m0/s1. The molecule has 0 fully saturated rings. The molecule has 0 bridgehead atoms. The van der Waals surface area contributed by atoms with Crippen molar-refractivity contribution < 1.29 is 28.3 Å². The van der Waals surface area contributed by atoms with Crippen LogP contribution >= 0.6 is 7.82 Å². The third-order valence-electron chi connectivity index (χ3n) is 6.25. The van der Waals surface area contributed by atoms with Crippen molar-refractivity contribution in [2.75, 3.05) is 13.2 Å². The van der Waals surface area contributed by atoms with Crippen molar-refractivity contribution in [3.05, 3.63) is 35.9 Å². The molecule has 0 aromatic heterocycles. The molecule has 0 amide bonds. The average Bonchev–Trinajstić information content (AvgIpc) is 2.83. The van der Waals surface area contributed by atoms with Gasteiger partial charge in [0.15, 0.2) is 0 Å². The first-order valence-corrected chi connectivity index (χ1v) is 15.4. The van der Waals surface area contributed by atoms with Gasteiger partial charge in [0.2, 0.25) is 0 Å². The molecule has 1 aromatic carbocycles. The number of phosphoric acid groups is 1. The van der Waals surface area contributed by atoms with Gasteiger partial charge >= 0.3 is 7.82 Å². The third kappa shape index (κ3) is 21.1. The van der Waals surface area contributed by atoms with Crippen molar-refractivity contribution in [1.82, 2.24) is 0 Å². The number of hydrogen-bond donors (Lipinski definition) is 2. The lowest BCUT2D eigenvalue weighted by molar-refractivity contribution is -0.0397. The highest BCUT2D eigenvalue weighted by molar-refractivity contribution is 7.46. The number of rotatable bonds is 24. The van der Waals surface area contributed by atoms with Gasteiger partial charge in [-0.2, -0.15) is 0 Å². The molecule has 0 aliphatic rings. The summed E-state index contributed by atoms with van der Waals surface area (Å²) in [5.41, 5.74) is 1.00. The van der Waals surface area contributed by atoms with Crippen molar-refractivity contribution in [3.8, 4) is 0 Å². The maximum atomic E-state index is 11.1. The smallest absolute Gasteiger partial charge is 0.378 e. The first-order chi connectivity index (χ1) is 16.9. The number of phosphoric ester groups is 1. The van der Waals surface area contributed by atoms with Crippen molar-refractivity contribution in [2.45, 2.75) is 129 Å². The van der Waals surface area contributed by atoms with Gasteiger partial charge in [0.05, 0.1) is 25.4 Å². The van der Waals surface area contributed by atoms with Gasteiger partial charge in [0.1, 0.15) is 0 Å². The number of hydrogen-bond acceptors (Lipinski definition) is 4. The number of benzene rings is 1. The second kappa shape index (κ2) is 21.3. The predicted octanol–water partition coefficient (Wildman–Crippen LogP) is 7.96. The Kier molecular flexibility index (Phi) is 19.7. The van der Waals surface area contributed by atoms with Gasteiger partial charge < -0.3 is 19.3 Å². The highest BCUT2D eigenvalue weighted by Crippen LogP contribution is 2.36. The summed E-state index contributed by atoms with van der Waals surface area (Å²) < 4.78 is 27.6. The van der Waals surface area contributed by atoms with E-state index in [1.165, 1.54) is 83.5 Å². The molecule has 0 saturated heterocycles. The van der Waals surface area contributed by atoms with Gasteiger partial charge in [0, 0.05) is 13.0 Å². The van der Waals surface area contributed by atoms with Crippen LogP contribution in [0.3, 0.4) is 0 Å². The van der Waals surface area contributed by atoms with Gasteiger partial charge in [-0.25, -0.2) is 4.57 Å². The van der Waals surface area contributed by atoms with Gasteiger partial charge in [0.25, 0.3) is 0 Å². The fraction of sp³-hybridized carbons (Fsp3) is 0.786. The summed E-state index contributed by atoms with van der Waals surface area (Å²) in [5.74, 6) is 0. The zero-order valence-electron chi connectivity index (χ0n) is 22.2. The molecule has 1 aromatic rings. The zero-order valence-corrected chi connectivity index (χ0v) is 23.1. The summed E-state index contributed by atoms with van der Waals surface area (Å²) in [7, 11) is -4.53. The van der Waals surface area contributed by atoms with E-state index < -0.39 is 13.9 Å². The van der Waals surface area contributed by atoms with Gasteiger partial charge in [-0.1, -0.05) is 121 Å². The Balaban J connectivity index is 2.07. The van der Waals surface area contributed by atoms with Crippen molar-refractivity contribution in [3.63, 3.8) is 0 Å². The van der Waals surface area contributed by atoms with E-state index in [1.807, 2.05) is 37.3 Å². The Hall–Kier alpha value is -0.750. The first-order valence-electron chi connectivity index (χ1n) is 13.9. The lowest BCUT2D eigenvalue weighted by Crippen LogP contribution is -2.25. The predicted molar refractivity (Wildman–Crippen MR) is 143 cm³/mol. The van der Waals surface area contributed by atoms with E-state index in [0.29, 0.717) is 19.6 Å². The third-order valence-corrected chi connectivity index (χ3v) is 6.74. The lowest BCUT2D eigenvalue weighted by atomic mass is 10.0. The normalized spacial score (nSPS) is 13.7. The minimum atomic E-state index is -4.53. The molecule has 1 rings (SSSR count). The van der Waals surface area contributed by atoms with Gasteiger partial charge in [-0.05, 0) is 18.9 Å². The molecule has 204 valence electrons. The Morgan fingerprint density at radius 2 is 1.29 bits per heavy atom. The first kappa shape index (κ1) is 32.3. The van der Waals surface area contributed by atoms with E-state index in [-0.39, 0.29) is 12.7 Å². The van der Waals surface area contributed by atoms with Gasteiger partial charge in [-0.15, -0.1) is 0 Å². The topological polar surface area (TPSA) is 85.2 Å². The molecule has 6 nitrogen and oxygen atoms in total. The molecule has 1 unspecified atom stereocenters. The molecular weight excluding hydrogens is 463 g/mol. The largest absolute Gasteiger partial charge is 0.469 e. The molecule has 7 heteroatoms. The lowest BCUT2D eigenvalue weighted by Gasteiger charge is -2.22. The highest BCUT2D eigenvalue weighted by Gasteiger charge is 2.21. The summed E-state index contributed by atoms with van der Waals surface area (Å²) >= 11 is 0. The molecule has 0 aliphatic heterocycles. The molecule has 0 spiro atoms. The fourth-order valence-electron chi connectivity index (χ4n) is 4.17. The van der Waals surface area contributed by atoms with Crippen LogP contribution in [0.4, 0.5) is 0 Å². The summed E-state index contributed by atoms with van der Waals surface area (Å²) in [6.07, 6.45) is 18.6. The molecule has 0 heterocycles. The van der Waals surface area contributed by atoms with Crippen LogP contribution in [0.25, 0.3) is 0 Å². The van der Waals surface area contributed by atoms with Crippen molar-refractivity contribution in [1.29, 1.82) is 0 Å². The maximum absolute atomic E-state index is 11.1. The fourth-order valence-corrected chi connectivity index (χ4v) is 4.53. The Labute approximate surface area is 214 Å². The summed E-state index contributed by atoms with van der Waals surface area (Å²) in [6.45, 7) is 5.14. The minimum Gasteiger partial charge on any atom is -0.378 e. The van der Waals surface area contributed by atoms with Crippen LogP contribution in [0.5, 0.6) is 0 Å². The molecular formula is C28H51O6P. The van der Waals surface area contributed by atoms with Crippen molar-refractivity contribution in [2.24, 2.45) is 0 Å². The van der Waals surface area contributed by atoms with E-state index >= 15 is 0 Å². The van der Waals surface area contributed by atoms with Crippen molar-refractivity contribution >= 4 is 7.82 Å². The zero-order chi connectivity index (χ0) is 25.6. The van der Waals surface area contributed by atoms with Crippen LogP contribution in [-0.2, 0) is 25.2 Å². The molecule has 0 aliphatic carbocycles. The van der Waals surface area contributed by atoms with E-state index in [0.717, 1.165) is 12.0 Å². The molecule has 2 atom stereocenters. The van der Waals surface area contributed by atoms with Crippen LogP contribution in [0.2, 0.25) is 0 Å². The number of ether oxygens (including phenoxy) is 2. The van der Waals surface area contributed by atoms with Gasteiger partial charge in [-0.3, -0.25) is 4.52 Å². The van der Waals surface area contributed by atoms with Crippen LogP contribution in [0.1, 0.15) is 116 Å². The van der Waals surface area contributed by atoms with Crippen LogP contribution in [0, 0.1) is 0 Å². The Morgan fingerprint density at radius 3 is 1.80 bits per heavy atom. The quantitative estimate of drug-likeness (QED) is 0.108. The van der Waals surface area contributed by atoms with E-state index in [4.69, 9.17) is 23.8 Å². The molecule has 0 radical (unpaired) electrons. The average molecular weight is 515 g/mol. The number of unbranched alkanes of at least 4 members (excludes halogenated alkanes) is 13. The molecule has 0 saturated carbocycles. The minimum absolute atomic E-state index is 0.0712. The Morgan fingerprint density at radius 1 is 0.771 bits per heavy atom. The highest BCUT2D eigenvalue weighted by atomic mass is 31.2. The van der Waals surface area contributed by atoms with Crippen LogP contribution in [0.15, 0.2) is 30.3 Å². The second-order valence-corrected chi connectivity index (χ2v) is 11.0. The summed E-state index contributed by atoms with van der Waals surface area (Å²) in [5, 5.41) is 0. The summed E-state index contributed by atoms with van der Waals surface area (Å²) in [6, 6.07) is 9.71. The van der Waals surface area contributed by atoms with E-state index in [2.05, 4.69) is 6.92 Å². The van der Waals surface area contributed by atoms with Crippen LogP contribution < -0.4 is 0 Å². The second-order valence-electron chi connectivity index (χ2n) is 9.72. The van der Waals surface area contributed by atoms with E-state index in [9.17, 15) is 4.57 Å². The van der Waals surface area contributed by atoms with E-state index in [1.54, 1.807) is 0 Å². The molecule has 2 N–H and O–H groups in total. The summed E-state index contributed by atoms with van der Waals surface area (Å²) in [4.78, 5) is 18.1. The van der Waals surface area contributed by atoms with Crippen LogP contribution in [-0.4, -0.2) is 35.2 Å². The SMILES string of the molecule is CCCCCCCCCCCCCCCCOC(C)C[C@@H](COP(=O)(O)O)OCc1ccccc1. The Bertz CT molecular complexity index is 636. The molecule has 35 heavy (non-hydrogen) atoms. The maximum Gasteiger partial charge on any atom is 0.469 e.